The van der Waals surface area contributed by atoms with Crippen LogP contribution in [0.2, 0.25) is 0 Å². The molecule has 2 heterocycles. The highest BCUT2D eigenvalue weighted by atomic mass is 16.7. The topological polar surface area (TPSA) is 21.7 Å². The van der Waals surface area contributed by atoms with Crippen LogP contribution in [0.1, 0.15) is 77.8 Å². The van der Waals surface area contributed by atoms with Gasteiger partial charge in [0.25, 0.3) is 0 Å². The molecule has 3 nitrogen and oxygen atoms in total. The molecule has 0 aromatic heterocycles. The van der Waals surface area contributed by atoms with E-state index in [1.54, 1.807) is 0 Å². The second-order valence-electron chi connectivity index (χ2n) is 9.56. The van der Waals surface area contributed by atoms with E-state index in [4.69, 9.17) is 9.31 Å². The number of likely N-dealkylation sites (tertiary alicyclic amines) is 1. The molecule has 1 aromatic carbocycles. The Labute approximate surface area is 172 Å². The Morgan fingerprint density at radius 2 is 1.71 bits per heavy atom. The lowest BCUT2D eigenvalue weighted by Gasteiger charge is -2.32. The molecule has 0 saturated carbocycles. The van der Waals surface area contributed by atoms with Gasteiger partial charge in [-0.2, -0.15) is 0 Å². The monoisotopic (exact) mass is 383 g/mol. The Morgan fingerprint density at radius 3 is 2.32 bits per heavy atom. The van der Waals surface area contributed by atoms with Crippen LogP contribution >= 0.6 is 0 Å². The first-order chi connectivity index (χ1) is 13.2. The number of hydrogen-bond donors (Lipinski definition) is 0. The molecule has 28 heavy (non-hydrogen) atoms. The summed E-state index contributed by atoms with van der Waals surface area (Å²) in [6.07, 6.45) is 6.11. The second-order valence-corrected chi connectivity index (χ2v) is 9.56. The van der Waals surface area contributed by atoms with Crippen LogP contribution in [0, 0.1) is 5.92 Å². The smallest absolute Gasteiger partial charge is 0.400 e. The van der Waals surface area contributed by atoms with Crippen molar-refractivity contribution in [3.8, 4) is 0 Å². The third kappa shape index (κ3) is 4.90. The molecule has 0 amide bonds. The van der Waals surface area contributed by atoms with Gasteiger partial charge in [-0.1, -0.05) is 50.2 Å². The number of nitrogens with zero attached hydrogens (tertiary/aromatic N) is 1. The fraction of sp³-hybridized carbons (Fsp3) is 0.667. The van der Waals surface area contributed by atoms with Crippen molar-refractivity contribution in [3.63, 3.8) is 0 Å². The molecule has 2 atom stereocenters. The van der Waals surface area contributed by atoms with Crippen LogP contribution in [0.5, 0.6) is 0 Å². The SMILES string of the molecule is CCN1CCCC(C(C)c2ccc(C=CB3OC(C)(C)C(C)(C)O3)cc2)CC1. The van der Waals surface area contributed by atoms with Crippen LogP contribution in [0.15, 0.2) is 30.2 Å². The summed E-state index contributed by atoms with van der Waals surface area (Å²) in [7, 11) is -0.281. The van der Waals surface area contributed by atoms with E-state index >= 15 is 0 Å². The van der Waals surface area contributed by atoms with Gasteiger partial charge in [-0.15, -0.1) is 0 Å². The first-order valence-corrected chi connectivity index (χ1v) is 11.1. The summed E-state index contributed by atoms with van der Waals surface area (Å²) in [4.78, 5) is 2.59. The first-order valence-electron chi connectivity index (χ1n) is 11.1. The van der Waals surface area contributed by atoms with Gasteiger partial charge in [0, 0.05) is 0 Å². The largest absolute Gasteiger partial charge is 0.487 e. The molecule has 0 aliphatic carbocycles. The zero-order valence-corrected chi connectivity index (χ0v) is 18.7. The van der Waals surface area contributed by atoms with Gasteiger partial charge in [0.1, 0.15) is 0 Å². The molecule has 2 aliphatic rings. The van der Waals surface area contributed by atoms with E-state index in [0.717, 1.165) is 5.92 Å². The minimum atomic E-state index is -0.284. The molecular formula is C24H38BNO2. The van der Waals surface area contributed by atoms with E-state index in [9.17, 15) is 0 Å². The van der Waals surface area contributed by atoms with Crippen LogP contribution in [0.3, 0.4) is 0 Å². The average molecular weight is 383 g/mol. The van der Waals surface area contributed by atoms with Gasteiger partial charge < -0.3 is 14.2 Å². The summed E-state index contributed by atoms with van der Waals surface area (Å²) in [5.41, 5.74) is 2.09. The highest BCUT2D eigenvalue weighted by Gasteiger charge is 2.49. The Kier molecular flexibility index (Phi) is 6.74. The third-order valence-electron chi connectivity index (χ3n) is 7.20. The average Bonchev–Trinajstić information content (AvgIpc) is 2.83. The molecular weight excluding hydrogens is 345 g/mol. The fourth-order valence-corrected chi connectivity index (χ4v) is 4.34. The predicted octanol–water partition coefficient (Wildman–Crippen LogP) is 5.56. The molecule has 0 spiro atoms. The van der Waals surface area contributed by atoms with Gasteiger partial charge in [0.15, 0.2) is 0 Å². The maximum absolute atomic E-state index is 6.04. The van der Waals surface area contributed by atoms with Gasteiger partial charge in [0.05, 0.1) is 11.2 Å². The minimum Gasteiger partial charge on any atom is -0.400 e. The van der Waals surface area contributed by atoms with E-state index < -0.39 is 0 Å². The zero-order valence-electron chi connectivity index (χ0n) is 18.7. The maximum atomic E-state index is 6.04. The van der Waals surface area contributed by atoms with Crippen molar-refractivity contribution >= 4 is 13.2 Å². The van der Waals surface area contributed by atoms with Gasteiger partial charge in [0.2, 0.25) is 0 Å². The fourth-order valence-electron chi connectivity index (χ4n) is 4.34. The van der Waals surface area contributed by atoms with E-state index in [-0.39, 0.29) is 18.3 Å². The molecule has 0 N–H and O–H groups in total. The summed E-state index contributed by atoms with van der Waals surface area (Å²) in [6.45, 7) is 16.7. The predicted molar refractivity (Wildman–Crippen MR) is 119 cm³/mol. The number of benzene rings is 1. The molecule has 4 heteroatoms. The molecule has 154 valence electrons. The summed E-state index contributed by atoms with van der Waals surface area (Å²) in [6, 6.07) is 9.05. The molecule has 2 unspecified atom stereocenters. The molecule has 2 aliphatic heterocycles. The number of hydrogen-bond acceptors (Lipinski definition) is 3. The molecule has 2 fully saturated rings. The molecule has 1 aromatic rings. The molecule has 2 saturated heterocycles. The van der Waals surface area contributed by atoms with Crippen LogP contribution < -0.4 is 0 Å². The van der Waals surface area contributed by atoms with Crippen molar-refractivity contribution in [2.75, 3.05) is 19.6 Å². The Bertz CT molecular complexity index is 652. The second kappa shape index (κ2) is 8.73. The van der Waals surface area contributed by atoms with Crippen LogP contribution in [0.25, 0.3) is 6.08 Å². The highest BCUT2D eigenvalue weighted by Crippen LogP contribution is 2.37. The van der Waals surface area contributed by atoms with Crippen LogP contribution in [-0.4, -0.2) is 42.9 Å². The lowest BCUT2D eigenvalue weighted by atomic mass is 9.82. The summed E-state index contributed by atoms with van der Waals surface area (Å²) in [5.74, 6) is 3.44. The van der Waals surface area contributed by atoms with Gasteiger partial charge in [-0.3, -0.25) is 0 Å². The number of rotatable bonds is 5. The molecule has 0 radical (unpaired) electrons. The molecule has 3 rings (SSSR count). The molecule has 0 bridgehead atoms. The van der Waals surface area contributed by atoms with E-state index in [1.165, 1.54) is 50.0 Å². The lowest BCUT2D eigenvalue weighted by Crippen LogP contribution is -2.41. The quantitative estimate of drug-likeness (QED) is 0.622. The third-order valence-corrected chi connectivity index (χ3v) is 7.20. The van der Waals surface area contributed by atoms with Gasteiger partial charge >= 0.3 is 7.12 Å². The van der Waals surface area contributed by atoms with Gasteiger partial charge in [-0.05, 0) is 89.6 Å². The van der Waals surface area contributed by atoms with Crippen molar-refractivity contribution in [3.05, 3.63) is 41.4 Å². The van der Waals surface area contributed by atoms with Crippen molar-refractivity contribution < 1.29 is 9.31 Å². The Morgan fingerprint density at radius 1 is 1.07 bits per heavy atom. The highest BCUT2D eigenvalue weighted by molar-refractivity contribution is 6.52. The van der Waals surface area contributed by atoms with Crippen molar-refractivity contribution in [2.24, 2.45) is 5.92 Å². The summed E-state index contributed by atoms with van der Waals surface area (Å²) >= 11 is 0. The van der Waals surface area contributed by atoms with Gasteiger partial charge in [-0.25, -0.2) is 0 Å². The summed E-state index contributed by atoms with van der Waals surface area (Å²) < 4.78 is 12.1. The standard InChI is InChI=1S/C24H38BNO2/c1-7-26-17-8-9-21(15-18-26)19(2)22-12-10-20(11-13-22)14-16-25-27-23(3,4)24(5,6)28-25/h10-14,16,19,21H,7-9,15,17-18H2,1-6H3. The minimum absolute atomic E-state index is 0.281. The first kappa shape index (κ1) is 21.6. The summed E-state index contributed by atoms with van der Waals surface area (Å²) in [5, 5.41) is 0. The van der Waals surface area contributed by atoms with Crippen LogP contribution in [-0.2, 0) is 9.31 Å². The van der Waals surface area contributed by atoms with E-state index in [1.807, 2.05) is 5.98 Å². The van der Waals surface area contributed by atoms with Crippen LogP contribution in [0.4, 0.5) is 0 Å². The van der Waals surface area contributed by atoms with Crippen molar-refractivity contribution in [1.82, 2.24) is 4.90 Å². The normalized spacial score (nSPS) is 26.5. The lowest BCUT2D eigenvalue weighted by molar-refractivity contribution is 0.00578. The zero-order chi connectivity index (χ0) is 20.4. The van der Waals surface area contributed by atoms with E-state index in [2.05, 4.69) is 76.8 Å². The van der Waals surface area contributed by atoms with Crippen molar-refractivity contribution in [1.29, 1.82) is 0 Å². The Hall–Kier alpha value is -1.10. The van der Waals surface area contributed by atoms with E-state index in [0.29, 0.717) is 5.92 Å². The Balaban J connectivity index is 1.59. The van der Waals surface area contributed by atoms with Crippen molar-refractivity contribution in [2.45, 2.75) is 77.9 Å². The maximum Gasteiger partial charge on any atom is 0.487 e.